The zero-order chi connectivity index (χ0) is 15.5. The largest absolute Gasteiger partial charge is 0.319 e. The van der Waals surface area contributed by atoms with E-state index >= 15 is 0 Å². The van der Waals surface area contributed by atoms with Crippen molar-refractivity contribution in [2.75, 3.05) is 40.3 Å². The first-order valence-corrected chi connectivity index (χ1v) is 9.48. The van der Waals surface area contributed by atoms with Crippen LogP contribution in [0.15, 0.2) is 0 Å². The second-order valence-corrected chi connectivity index (χ2v) is 8.28. The molecule has 2 rings (SSSR count). The first kappa shape index (κ1) is 17.1. The molecule has 124 valence electrons. The number of hydrogen-bond donors (Lipinski definition) is 2. The van der Waals surface area contributed by atoms with Crippen molar-refractivity contribution in [1.29, 1.82) is 0 Å². The van der Waals surface area contributed by atoms with Gasteiger partial charge in [-0.25, -0.2) is 0 Å². The molecule has 2 atom stereocenters. The molecular formula is C14H30N4O2S. The molecule has 2 N–H and O–H groups in total. The lowest BCUT2D eigenvalue weighted by atomic mass is 9.98. The molecule has 0 aromatic heterocycles. The summed E-state index contributed by atoms with van der Waals surface area (Å²) < 4.78 is 29.5. The van der Waals surface area contributed by atoms with Crippen LogP contribution in [-0.2, 0) is 10.2 Å². The van der Waals surface area contributed by atoms with Crippen LogP contribution in [0, 0.1) is 5.92 Å². The van der Waals surface area contributed by atoms with Crippen LogP contribution in [0.3, 0.4) is 0 Å². The monoisotopic (exact) mass is 318 g/mol. The van der Waals surface area contributed by atoms with Crippen molar-refractivity contribution in [3.63, 3.8) is 0 Å². The predicted octanol–water partition coefficient (Wildman–Crippen LogP) is 0.235. The maximum atomic E-state index is 12.5. The Hall–Kier alpha value is -0.210. The van der Waals surface area contributed by atoms with Gasteiger partial charge in [-0.1, -0.05) is 0 Å². The number of rotatable bonds is 5. The number of nitrogens with zero attached hydrogens (tertiary/aromatic N) is 2. The zero-order valence-electron chi connectivity index (χ0n) is 13.5. The van der Waals surface area contributed by atoms with E-state index in [4.69, 9.17) is 0 Å². The Bertz CT molecular complexity index is 421. The molecule has 2 unspecified atom stereocenters. The maximum absolute atomic E-state index is 12.5. The molecule has 6 nitrogen and oxygen atoms in total. The second kappa shape index (κ2) is 7.37. The summed E-state index contributed by atoms with van der Waals surface area (Å²) in [5, 5.41) is 3.18. The molecule has 0 amide bonds. The van der Waals surface area contributed by atoms with E-state index in [1.165, 1.54) is 0 Å². The van der Waals surface area contributed by atoms with Crippen molar-refractivity contribution < 1.29 is 8.42 Å². The summed E-state index contributed by atoms with van der Waals surface area (Å²) in [4.78, 5) is 2.29. The van der Waals surface area contributed by atoms with Gasteiger partial charge in [0, 0.05) is 25.2 Å². The third kappa shape index (κ3) is 4.63. The van der Waals surface area contributed by atoms with Crippen molar-refractivity contribution in [3.8, 4) is 0 Å². The van der Waals surface area contributed by atoms with Gasteiger partial charge in [0.15, 0.2) is 0 Å². The van der Waals surface area contributed by atoms with Gasteiger partial charge in [-0.05, 0) is 65.7 Å². The molecule has 2 saturated heterocycles. The van der Waals surface area contributed by atoms with Crippen LogP contribution >= 0.6 is 0 Å². The quantitative estimate of drug-likeness (QED) is 0.762. The average Bonchev–Trinajstić information content (AvgIpc) is 2.44. The highest BCUT2D eigenvalue weighted by molar-refractivity contribution is 7.87. The van der Waals surface area contributed by atoms with Crippen molar-refractivity contribution in [2.24, 2.45) is 5.92 Å². The standard InChI is InChI=1S/C14H30N4O2S/c1-12-10-14(6-7-17(12)3)16-21(19,20)18-8-4-13(5-9-18)11-15-2/h12-16H,4-11H2,1-3H3. The lowest BCUT2D eigenvalue weighted by Gasteiger charge is -2.37. The van der Waals surface area contributed by atoms with Crippen molar-refractivity contribution >= 4 is 10.2 Å². The minimum Gasteiger partial charge on any atom is -0.319 e. The highest BCUT2D eigenvalue weighted by Crippen LogP contribution is 2.20. The van der Waals surface area contributed by atoms with Crippen molar-refractivity contribution in [3.05, 3.63) is 0 Å². The van der Waals surface area contributed by atoms with Gasteiger partial charge in [-0.2, -0.15) is 17.4 Å². The molecule has 0 saturated carbocycles. The van der Waals surface area contributed by atoms with Gasteiger partial charge < -0.3 is 10.2 Å². The fourth-order valence-electron chi connectivity index (χ4n) is 3.32. The minimum absolute atomic E-state index is 0.0798. The Labute approximate surface area is 129 Å². The van der Waals surface area contributed by atoms with Crippen molar-refractivity contribution in [1.82, 2.24) is 19.2 Å². The fraction of sp³-hybridized carbons (Fsp3) is 1.00. The Morgan fingerprint density at radius 2 is 1.81 bits per heavy atom. The Morgan fingerprint density at radius 1 is 1.14 bits per heavy atom. The van der Waals surface area contributed by atoms with Crippen LogP contribution in [0.1, 0.15) is 32.6 Å². The zero-order valence-corrected chi connectivity index (χ0v) is 14.3. The normalized spacial score (nSPS) is 30.6. The second-order valence-electron chi connectivity index (χ2n) is 6.57. The summed E-state index contributed by atoms with van der Waals surface area (Å²) in [6.45, 7) is 5.38. The first-order chi connectivity index (χ1) is 9.92. The molecule has 2 aliphatic rings. The van der Waals surface area contributed by atoms with Gasteiger partial charge in [-0.3, -0.25) is 0 Å². The van der Waals surface area contributed by atoms with E-state index in [0.29, 0.717) is 25.0 Å². The summed E-state index contributed by atoms with van der Waals surface area (Å²) in [7, 11) is 0.732. The molecule has 0 bridgehead atoms. The maximum Gasteiger partial charge on any atom is 0.279 e. The molecule has 0 spiro atoms. The lowest BCUT2D eigenvalue weighted by molar-refractivity contribution is 0.176. The molecular weight excluding hydrogens is 288 g/mol. The van der Waals surface area contributed by atoms with E-state index in [-0.39, 0.29) is 6.04 Å². The summed E-state index contributed by atoms with van der Waals surface area (Å²) in [5.74, 6) is 0.602. The molecule has 0 aromatic rings. The Morgan fingerprint density at radius 3 is 2.38 bits per heavy atom. The van der Waals surface area contributed by atoms with E-state index in [1.54, 1.807) is 4.31 Å². The van der Waals surface area contributed by atoms with Gasteiger partial charge in [0.1, 0.15) is 0 Å². The van der Waals surface area contributed by atoms with Crippen LogP contribution in [-0.4, -0.2) is 70.0 Å². The van der Waals surface area contributed by atoms with E-state index in [1.807, 2.05) is 7.05 Å². The molecule has 0 aromatic carbocycles. The predicted molar refractivity (Wildman–Crippen MR) is 85.4 cm³/mol. The molecule has 0 aliphatic carbocycles. The highest BCUT2D eigenvalue weighted by atomic mass is 32.2. The number of likely N-dealkylation sites (tertiary alicyclic amines) is 1. The van der Waals surface area contributed by atoms with Gasteiger partial charge in [0.05, 0.1) is 0 Å². The number of hydrogen-bond acceptors (Lipinski definition) is 4. The fourth-order valence-corrected chi connectivity index (χ4v) is 4.80. The summed E-state index contributed by atoms with van der Waals surface area (Å²) in [6, 6.07) is 0.518. The van der Waals surface area contributed by atoms with Crippen LogP contribution in [0.2, 0.25) is 0 Å². The first-order valence-electron chi connectivity index (χ1n) is 8.04. The molecule has 7 heteroatoms. The van der Waals surface area contributed by atoms with Crippen LogP contribution < -0.4 is 10.0 Å². The SMILES string of the molecule is CNCC1CCN(S(=O)(=O)NC2CCN(C)C(C)C2)CC1. The van der Waals surface area contributed by atoms with Gasteiger partial charge in [-0.15, -0.1) is 0 Å². The topological polar surface area (TPSA) is 64.7 Å². The van der Waals surface area contributed by atoms with Crippen LogP contribution in [0.4, 0.5) is 0 Å². The minimum atomic E-state index is -3.32. The third-order valence-corrected chi connectivity index (χ3v) is 6.61. The van der Waals surface area contributed by atoms with Gasteiger partial charge in [0.25, 0.3) is 10.2 Å². The van der Waals surface area contributed by atoms with Gasteiger partial charge in [0.2, 0.25) is 0 Å². The Kier molecular flexibility index (Phi) is 6.02. The number of nitrogens with one attached hydrogen (secondary N) is 2. The molecule has 2 aliphatic heterocycles. The average molecular weight is 318 g/mol. The third-order valence-electron chi connectivity index (χ3n) is 4.93. The lowest BCUT2D eigenvalue weighted by Crippen LogP contribution is -2.52. The van der Waals surface area contributed by atoms with Crippen molar-refractivity contribution in [2.45, 2.75) is 44.7 Å². The van der Waals surface area contributed by atoms with Crippen LogP contribution in [0.5, 0.6) is 0 Å². The van der Waals surface area contributed by atoms with Gasteiger partial charge >= 0.3 is 0 Å². The number of piperidine rings is 2. The molecule has 0 radical (unpaired) electrons. The molecule has 2 heterocycles. The smallest absolute Gasteiger partial charge is 0.279 e. The highest BCUT2D eigenvalue weighted by Gasteiger charge is 2.31. The Balaban J connectivity index is 1.85. The van der Waals surface area contributed by atoms with E-state index in [0.717, 1.165) is 38.8 Å². The van der Waals surface area contributed by atoms with E-state index in [2.05, 4.69) is 28.9 Å². The summed E-state index contributed by atoms with van der Waals surface area (Å²) >= 11 is 0. The van der Waals surface area contributed by atoms with E-state index < -0.39 is 10.2 Å². The van der Waals surface area contributed by atoms with Crippen LogP contribution in [0.25, 0.3) is 0 Å². The summed E-state index contributed by atoms with van der Waals surface area (Å²) in [6.07, 6.45) is 3.69. The molecule has 2 fully saturated rings. The van der Waals surface area contributed by atoms with E-state index in [9.17, 15) is 8.42 Å². The summed E-state index contributed by atoms with van der Waals surface area (Å²) in [5.41, 5.74) is 0. The molecule has 21 heavy (non-hydrogen) atoms.